The molecular formula is C29H37BrCl2N4O4S. The van der Waals surface area contributed by atoms with Gasteiger partial charge >= 0.3 is 0 Å². The summed E-state index contributed by atoms with van der Waals surface area (Å²) in [6, 6.07) is 12.1. The molecule has 0 radical (unpaired) electrons. The number of sulfonamides is 1. The Hall–Kier alpha value is -2.24. The Morgan fingerprint density at radius 1 is 1.05 bits per heavy atom. The Morgan fingerprint density at radius 2 is 1.61 bits per heavy atom. The number of ketones is 1. The fraction of sp³-hybridized carbons (Fsp3) is 0.414. The van der Waals surface area contributed by atoms with E-state index >= 15 is 0 Å². The average molecular weight is 689 g/mol. The van der Waals surface area contributed by atoms with E-state index in [1.807, 2.05) is 58.9 Å². The SMILES string of the molecule is CC.CC.CCCN(CC(C)=O)S(=O)(=O)c1cnc2n1[C@](C)(Cc1ccc(Br)cc1)C(=O)N2c1cc(Cl)cc(Cl)c1. The van der Waals surface area contributed by atoms with Crippen LogP contribution in [-0.2, 0) is 31.6 Å². The lowest BCUT2D eigenvalue weighted by molar-refractivity contribution is -0.124. The van der Waals surface area contributed by atoms with Crippen LogP contribution in [0, 0.1) is 0 Å². The van der Waals surface area contributed by atoms with Crippen molar-refractivity contribution < 1.29 is 18.0 Å². The third-order valence-corrected chi connectivity index (χ3v) is 8.88. The van der Waals surface area contributed by atoms with Gasteiger partial charge in [-0.25, -0.2) is 18.3 Å². The van der Waals surface area contributed by atoms with Gasteiger partial charge in [0.2, 0.25) is 5.95 Å². The quantitative estimate of drug-likeness (QED) is 0.231. The van der Waals surface area contributed by atoms with Gasteiger partial charge in [0.25, 0.3) is 15.9 Å². The Balaban J connectivity index is 0.00000141. The summed E-state index contributed by atoms with van der Waals surface area (Å²) in [5.74, 6) is -0.551. The zero-order valence-corrected chi connectivity index (χ0v) is 28.3. The maximum absolute atomic E-state index is 14.1. The summed E-state index contributed by atoms with van der Waals surface area (Å²) in [5.41, 5.74) is -0.167. The number of anilines is 2. The lowest BCUT2D eigenvalue weighted by atomic mass is 9.92. The number of halogens is 3. The highest BCUT2D eigenvalue weighted by Gasteiger charge is 2.52. The summed E-state index contributed by atoms with van der Waals surface area (Å²) < 4.78 is 31.2. The number of aromatic nitrogens is 2. The molecule has 41 heavy (non-hydrogen) atoms. The van der Waals surface area contributed by atoms with Crippen LogP contribution in [-0.4, -0.2) is 47.1 Å². The van der Waals surface area contributed by atoms with Crippen LogP contribution in [0.3, 0.4) is 0 Å². The van der Waals surface area contributed by atoms with E-state index in [9.17, 15) is 18.0 Å². The third kappa shape index (κ3) is 7.40. The third-order valence-electron chi connectivity index (χ3n) is 6.11. The van der Waals surface area contributed by atoms with Gasteiger partial charge in [-0.3, -0.25) is 14.2 Å². The van der Waals surface area contributed by atoms with E-state index in [1.54, 1.807) is 25.1 Å². The van der Waals surface area contributed by atoms with E-state index in [0.717, 1.165) is 14.3 Å². The van der Waals surface area contributed by atoms with E-state index in [1.165, 1.54) is 22.6 Å². The van der Waals surface area contributed by atoms with Crippen LogP contribution in [0.5, 0.6) is 0 Å². The van der Waals surface area contributed by atoms with Gasteiger partial charge in [-0.05, 0) is 56.2 Å². The van der Waals surface area contributed by atoms with Crippen LogP contribution in [0.4, 0.5) is 11.6 Å². The van der Waals surface area contributed by atoms with E-state index in [2.05, 4.69) is 20.9 Å². The fourth-order valence-electron chi connectivity index (χ4n) is 4.53. The molecule has 4 rings (SSSR count). The van der Waals surface area contributed by atoms with Crippen molar-refractivity contribution in [1.82, 2.24) is 13.9 Å². The molecule has 0 bridgehead atoms. The van der Waals surface area contributed by atoms with Crippen LogP contribution >= 0.6 is 39.1 Å². The van der Waals surface area contributed by atoms with Crippen LogP contribution in [0.25, 0.3) is 0 Å². The Morgan fingerprint density at radius 3 is 2.12 bits per heavy atom. The first-order chi connectivity index (χ1) is 19.4. The van der Waals surface area contributed by atoms with Crippen LogP contribution in [0.2, 0.25) is 10.0 Å². The summed E-state index contributed by atoms with van der Waals surface area (Å²) >= 11 is 15.9. The minimum Gasteiger partial charge on any atom is -0.299 e. The predicted octanol–water partition coefficient (Wildman–Crippen LogP) is 7.63. The van der Waals surface area contributed by atoms with Crippen molar-refractivity contribution in [1.29, 1.82) is 0 Å². The second-order valence-corrected chi connectivity index (χ2v) is 12.8. The van der Waals surface area contributed by atoms with Gasteiger partial charge in [-0.15, -0.1) is 0 Å². The standard InChI is InChI=1S/C25H25BrCl2N4O4S.2C2H6/c1-4-9-30(15-16(2)33)37(35,36)22-14-29-24-31(21-11-19(27)10-20(28)12-21)23(34)25(3,32(22)24)13-17-5-7-18(26)8-6-17;2*1-2/h5-8,10-12,14H,4,9,13,15H2,1-3H3;2*1-2H3/t25-;;/m1../s1. The Labute approximate surface area is 261 Å². The molecule has 1 amide bonds. The predicted molar refractivity (Wildman–Crippen MR) is 170 cm³/mol. The van der Waals surface area contributed by atoms with Crippen LogP contribution in [0.1, 0.15) is 60.5 Å². The molecule has 224 valence electrons. The second-order valence-electron chi connectivity index (χ2n) is 9.12. The van der Waals surface area contributed by atoms with Gasteiger partial charge < -0.3 is 0 Å². The highest BCUT2D eigenvalue weighted by atomic mass is 79.9. The van der Waals surface area contributed by atoms with Gasteiger partial charge in [0, 0.05) is 27.5 Å². The molecule has 1 aliphatic rings. The van der Waals surface area contributed by atoms with Gasteiger partial charge in [0.05, 0.1) is 18.4 Å². The lowest BCUT2D eigenvalue weighted by Gasteiger charge is -2.28. The van der Waals surface area contributed by atoms with Crippen molar-refractivity contribution in [3.63, 3.8) is 0 Å². The number of rotatable bonds is 9. The molecule has 8 nitrogen and oxygen atoms in total. The molecule has 12 heteroatoms. The number of amides is 1. The first-order valence-corrected chi connectivity index (χ1v) is 16.5. The minimum atomic E-state index is -4.18. The molecule has 0 aliphatic carbocycles. The van der Waals surface area contributed by atoms with Crippen molar-refractivity contribution in [2.24, 2.45) is 0 Å². The summed E-state index contributed by atoms with van der Waals surface area (Å²) in [5, 5.41) is 0.470. The smallest absolute Gasteiger partial charge is 0.260 e. The molecular weight excluding hydrogens is 651 g/mol. The molecule has 0 saturated carbocycles. The van der Waals surface area contributed by atoms with Gasteiger partial charge in [0.15, 0.2) is 5.03 Å². The zero-order chi connectivity index (χ0) is 31.1. The Kier molecular flexibility index (Phi) is 12.6. The molecule has 0 N–H and O–H groups in total. The van der Waals surface area contributed by atoms with Crippen molar-refractivity contribution in [2.75, 3.05) is 18.0 Å². The molecule has 1 aliphatic heterocycles. The molecule has 2 heterocycles. The van der Waals surface area contributed by atoms with Crippen molar-refractivity contribution in [2.45, 2.75) is 71.9 Å². The summed E-state index contributed by atoms with van der Waals surface area (Å²) in [6.07, 6.45) is 1.94. The number of carbonyl (C=O) groups is 2. The number of benzene rings is 2. The van der Waals surface area contributed by atoms with Crippen LogP contribution < -0.4 is 4.90 Å². The van der Waals surface area contributed by atoms with Crippen LogP contribution in [0.15, 0.2) is 58.2 Å². The first kappa shape index (κ1) is 35.0. The zero-order valence-electron chi connectivity index (χ0n) is 24.4. The highest BCUT2D eigenvalue weighted by molar-refractivity contribution is 9.10. The molecule has 2 aromatic carbocycles. The monoisotopic (exact) mass is 686 g/mol. The van der Waals surface area contributed by atoms with Gasteiger partial charge in [0.1, 0.15) is 11.3 Å². The largest absolute Gasteiger partial charge is 0.299 e. The maximum atomic E-state index is 14.1. The second kappa shape index (κ2) is 14.8. The molecule has 3 aromatic rings. The summed E-state index contributed by atoms with van der Waals surface area (Å²) in [7, 11) is -4.18. The molecule has 0 fully saturated rings. The maximum Gasteiger partial charge on any atom is 0.260 e. The molecule has 0 spiro atoms. The van der Waals surface area contributed by atoms with Crippen molar-refractivity contribution in [3.05, 3.63) is 68.7 Å². The van der Waals surface area contributed by atoms with Crippen molar-refractivity contribution in [3.8, 4) is 0 Å². The lowest BCUT2D eigenvalue weighted by Crippen LogP contribution is -2.43. The topological polar surface area (TPSA) is 92.6 Å². The molecule has 0 saturated heterocycles. The number of Topliss-reactive ketones (excluding diaryl/α,β-unsaturated/α-hetero) is 1. The average Bonchev–Trinajstić information content (AvgIpc) is 3.45. The Bertz CT molecular complexity index is 1460. The first-order valence-electron chi connectivity index (χ1n) is 13.5. The number of imidazole rings is 1. The fourth-order valence-corrected chi connectivity index (χ4v) is 7.05. The number of hydrogen-bond acceptors (Lipinski definition) is 5. The van der Waals surface area contributed by atoms with E-state index < -0.39 is 15.6 Å². The number of nitrogens with zero attached hydrogens (tertiary/aromatic N) is 4. The molecule has 1 atom stereocenters. The van der Waals surface area contributed by atoms with E-state index in [4.69, 9.17) is 23.2 Å². The number of carbonyl (C=O) groups excluding carboxylic acids is 2. The number of fused-ring (bicyclic) bond motifs is 1. The normalized spacial score (nSPS) is 16.1. The van der Waals surface area contributed by atoms with Gasteiger partial charge in [-0.1, -0.05) is 85.9 Å². The van der Waals surface area contributed by atoms with Gasteiger partial charge in [-0.2, -0.15) is 4.31 Å². The summed E-state index contributed by atoms with van der Waals surface area (Å²) in [4.78, 5) is 31.7. The summed E-state index contributed by atoms with van der Waals surface area (Å²) in [6.45, 7) is 12.7. The molecule has 1 aromatic heterocycles. The molecule has 0 unspecified atom stereocenters. The minimum absolute atomic E-state index is 0.126. The van der Waals surface area contributed by atoms with E-state index in [-0.39, 0.29) is 42.2 Å². The number of hydrogen-bond donors (Lipinski definition) is 0. The van der Waals surface area contributed by atoms with E-state index in [0.29, 0.717) is 22.2 Å². The highest BCUT2D eigenvalue weighted by Crippen LogP contribution is 2.44. The van der Waals surface area contributed by atoms with Crippen molar-refractivity contribution >= 4 is 72.5 Å².